The number of furan rings is 1. The van der Waals surface area contributed by atoms with Crippen LogP contribution in [0.2, 0.25) is 0 Å². The quantitative estimate of drug-likeness (QED) is 0.830. The highest BCUT2D eigenvalue weighted by molar-refractivity contribution is 7.98. The topological polar surface area (TPSA) is 33.4 Å². The number of hydrogen-bond donors (Lipinski definition) is 1. The monoisotopic (exact) mass is 238 g/mol. The fourth-order valence-corrected chi connectivity index (χ4v) is 2.34. The molecule has 0 spiro atoms. The molecular formula is C12H11FO2S. The Balaban J connectivity index is 2.12. The molecule has 0 atom stereocenters. The summed E-state index contributed by atoms with van der Waals surface area (Å²) in [7, 11) is 0. The van der Waals surface area contributed by atoms with Crippen LogP contribution in [0.5, 0.6) is 0 Å². The first-order valence-corrected chi connectivity index (χ1v) is 5.83. The van der Waals surface area contributed by atoms with Crippen molar-refractivity contribution in [2.75, 3.05) is 0 Å². The molecule has 2 aromatic rings. The average molecular weight is 238 g/mol. The molecular weight excluding hydrogens is 227 g/mol. The van der Waals surface area contributed by atoms with E-state index < -0.39 is 0 Å². The lowest BCUT2D eigenvalue weighted by Gasteiger charge is -2.06. The molecule has 0 saturated heterocycles. The smallest absolute Gasteiger partial charge is 0.129 e. The zero-order valence-corrected chi connectivity index (χ0v) is 9.34. The van der Waals surface area contributed by atoms with Gasteiger partial charge in [-0.05, 0) is 24.3 Å². The molecule has 84 valence electrons. The molecule has 1 aromatic carbocycles. The molecule has 2 nitrogen and oxygen atoms in total. The van der Waals surface area contributed by atoms with E-state index in [1.165, 1.54) is 17.8 Å². The third kappa shape index (κ3) is 2.46. The maximum absolute atomic E-state index is 13.3. The summed E-state index contributed by atoms with van der Waals surface area (Å²) in [4.78, 5) is 0.749. The normalized spacial score (nSPS) is 10.6. The van der Waals surface area contributed by atoms with Crippen molar-refractivity contribution in [1.82, 2.24) is 0 Å². The molecule has 0 aliphatic heterocycles. The minimum absolute atomic E-state index is 0.285. The molecule has 0 radical (unpaired) electrons. The lowest BCUT2D eigenvalue weighted by Crippen LogP contribution is -1.92. The minimum Gasteiger partial charge on any atom is -0.468 e. The van der Waals surface area contributed by atoms with Crippen LogP contribution >= 0.6 is 11.8 Å². The molecule has 0 amide bonds. The SMILES string of the molecule is OCc1c(F)cccc1SCc1ccco1. The number of hydrogen-bond acceptors (Lipinski definition) is 3. The van der Waals surface area contributed by atoms with Crippen LogP contribution in [0, 0.1) is 5.82 Å². The second-order valence-electron chi connectivity index (χ2n) is 3.24. The molecule has 0 unspecified atom stereocenters. The van der Waals surface area contributed by atoms with Crippen LogP contribution in [0.25, 0.3) is 0 Å². The second-order valence-corrected chi connectivity index (χ2v) is 4.26. The van der Waals surface area contributed by atoms with Gasteiger partial charge in [-0.1, -0.05) is 6.07 Å². The number of thioether (sulfide) groups is 1. The molecule has 16 heavy (non-hydrogen) atoms. The van der Waals surface area contributed by atoms with Gasteiger partial charge < -0.3 is 9.52 Å². The summed E-state index contributed by atoms with van der Waals surface area (Å²) in [5.74, 6) is 1.09. The Bertz CT molecular complexity index is 454. The number of aliphatic hydroxyl groups excluding tert-OH is 1. The van der Waals surface area contributed by atoms with E-state index in [1.54, 1.807) is 18.4 Å². The summed E-state index contributed by atoms with van der Waals surface area (Å²) in [6.45, 7) is -0.285. The van der Waals surface area contributed by atoms with Gasteiger partial charge in [-0.2, -0.15) is 0 Å². The predicted octanol–water partition coefficient (Wildman–Crippen LogP) is 3.20. The van der Waals surface area contributed by atoms with Crippen molar-refractivity contribution in [2.24, 2.45) is 0 Å². The summed E-state index contributed by atoms with van der Waals surface area (Å²) >= 11 is 1.45. The predicted molar refractivity (Wildman–Crippen MR) is 60.6 cm³/mol. The van der Waals surface area contributed by atoms with Gasteiger partial charge in [0.15, 0.2) is 0 Å². The second kappa shape index (κ2) is 5.18. The summed E-state index contributed by atoms with van der Waals surface area (Å²) in [5, 5.41) is 9.08. The first-order valence-electron chi connectivity index (χ1n) is 4.84. The number of aliphatic hydroxyl groups is 1. The highest BCUT2D eigenvalue weighted by atomic mass is 32.2. The standard InChI is InChI=1S/C12H11FO2S/c13-11-4-1-5-12(10(11)7-14)16-8-9-3-2-6-15-9/h1-6,14H,7-8H2. The lowest BCUT2D eigenvalue weighted by molar-refractivity contribution is 0.272. The van der Waals surface area contributed by atoms with E-state index in [9.17, 15) is 4.39 Å². The summed E-state index contributed by atoms with van der Waals surface area (Å²) in [6.07, 6.45) is 1.61. The highest BCUT2D eigenvalue weighted by Crippen LogP contribution is 2.28. The van der Waals surface area contributed by atoms with E-state index in [0.29, 0.717) is 11.3 Å². The van der Waals surface area contributed by atoms with Gasteiger partial charge in [-0.15, -0.1) is 11.8 Å². The van der Waals surface area contributed by atoms with Gasteiger partial charge in [0, 0.05) is 10.5 Å². The van der Waals surface area contributed by atoms with Crippen LogP contribution in [0.3, 0.4) is 0 Å². The van der Waals surface area contributed by atoms with Crippen LogP contribution in [0.15, 0.2) is 45.9 Å². The lowest BCUT2D eigenvalue weighted by atomic mass is 10.2. The third-order valence-electron chi connectivity index (χ3n) is 2.18. The fourth-order valence-electron chi connectivity index (χ4n) is 1.37. The van der Waals surface area contributed by atoms with Crippen molar-refractivity contribution in [2.45, 2.75) is 17.3 Å². The van der Waals surface area contributed by atoms with E-state index in [2.05, 4.69) is 0 Å². The fraction of sp³-hybridized carbons (Fsp3) is 0.167. The Morgan fingerprint density at radius 1 is 1.25 bits per heavy atom. The number of benzene rings is 1. The molecule has 2 rings (SSSR count). The third-order valence-corrected chi connectivity index (χ3v) is 3.31. The van der Waals surface area contributed by atoms with Crippen molar-refractivity contribution in [1.29, 1.82) is 0 Å². The Morgan fingerprint density at radius 3 is 2.81 bits per heavy atom. The van der Waals surface area contributed by atoms with Crippen molar-refractivity contribution < 1.29 is 13.9 Å². The average Bonchev–Trinajstić information content (AvgIpc) is 2.79. The molecule has 0 fully saturated rings. The molecule has 1 N–H and O–H groups in total. The van der Waals surface area contributed by atoms with Crippen molar-refractivity contribution in [3.63, 3.8) is 0 Å². The van der Waals surface area contributed by atoms with Crippen molar-refractivity contribution in [3.8, 4) is 0 Å². The summed E-state index contributed by atoms with van der Waals surface area (Å²) in [5.41, 5.74) is 0.346. The first kappa shape index (κ1) is 11.2. The van der Waals surface area contributed by atoms with Crippen LogP contribution in [0.4, 0.5) is 4.39 Å². The maximum atomic E-state index is 13.3. The van der Waals surface area contributed by atoms with Gasteiger partial charge in [-0.25, -0.2) is 4.39 Å². The van der Waals surface area contributed by atoms with Gasteiger partial charge in [-0.3, -0.25) is 0 Å². The molecule has 0 saturated carbocycles. The van der Waals surface area contributed by atoms with Crippen LogP contribution in [-0.4, -0.2) is 5.11 Å². The Hall–Kier alpha value is -1.26. The van der Waals surface area contributed by atoms with Gasteiger partial charge in [0.25, 0.3) is 0 Å². The zero-order valence-electron chi connectivity index (χ0n) is 8.52. The van der Waals surface area contributed by atoms with Gasteiger partial charge in [0.1, 0.15) is 11.6 Å². The molecule has 1 aromatic heterocycles. The minimum atomic E-state index is -0.369. The van der Waals surface area contributed by atoms with Gasteiger partial charge in [0.2, 0.25) is 0 Å². The van der Waals surface area contributed by atoms with E-state index in [1.807, 2.05) is 12.1 Å². The Kier molecular flexibility index (Phi) is 3.64. The van der Waals surface area contributed by atoms with Crippen LogP contribution in [0.1, 0.15) is 11.3 Å². The van der Waals surface area contributed by atoms with Gasteiger partial charge in [0.05, 0.1) is 18.6 Å². The Morgan fingerprint density at radius 2 is 2.12 bits per heavy atom. The highest BCUT2D eigenvalue weighted by Gasteiger charge is 2.08. The Labute approximate surface area is 97.1 Å². The van der Waals surface area contributed by atoms with E-state index >= 15 is 0 Å². The summed E-state index contributed by atoms with van der Waals surface area (Å²) in [6, 6.07) is 8.46. The molecule has 0 aliphatic carbocycles. The van der Waals surface area contributed by atoms with Crippen LogP contribution < -0.4 is 0 Å². The number of rotatable bonds is 4. The molecule has 1 heterocycles. The molecule has 0 aliphatic rings. The van der Waals surface area contributed by atoms with Crippen molar-refractivity contribution in [3.05, 3.63) is 53.7 Å². The first-order chi connectivity index (χ1) is 7.81. The van der Waals surface area contributed by atoms with Crippen LogP contribution in [-0.2, 0) is 12.4 Å². The van der Waals surface area contributed by atoms with Crippen molar-refractivity contribution >= 4 is 11.8 Å². The maximum Gasteiger partial charge on any atom is 0.129 e. The molecule has 4 heteroatoms. The largest absolute Gasteiger partial charge is 0.468 e. The molecule has 0 bridgehead atoms. The van der Waals surface area contributed by atoms with E-state index in [0.717, 1.165) is 10.7 Å². The zero-order chi connectivity index (χ0) is 11.4. The van der Waals surface area contributed by atoms with Gasteiger partial charge >= 0.3 is 0 Å². The van der Waals surface area contributed by atoms with E-state index in [-0.39, 0.29) is 12.4 Å². The number of halogens is 1. The summed E-state index contributed by atoms with van der Waals surface area (Å²) < 4.78 is 18.5. The van der Waals surface area contributed by atoms with E-state index in [4.69, 9.17) is 9.52 Å².